The first kappa shape index (κ1) is 23.7. The van der Waals surface area contributed by atoms with E-state index < -0.39 is 10.8 Å². The van der Waals surface area contributed by atoms with Crippen LogP contribution in [-0.4, -0.2) is 15.8 Å². The minimum absolute atomic E-state index is 0.0655. The number of rotatable bonds is 5. The average molecular weight is 559 g/mol. The Morgan fingerprint density at radius 1 is 1.03 bits per heavy atom. The molecule has 3 N–H and O–H groups in total. The Balaban J connectivity index is 1.63. The maximum absolute atomic E-state index is 13.2. The predicted molar refractivity (Wildman–Crippen MR) is 148 cm³/mol. The molecule has 0 bridgehead atoms. The van der Waals surface area contributed by atoms with Crippen LogP contribution in [0.4, 0.5) is 17.1 Å². The predicted octanol–water partition coefficient (Wildman–Crippen LogP) is 7.44. The molecule has 0 unspecified atom stereocenters. The van der Waals surface area contributed by atoms with Crippen LogP contribution in [0.15, 0.2) is 83.3 Å². The number of aromatic nitrogens is 1. The molecule has 3 aromatic carbocycles. The van der Waals surface area contributed by atoms with E-state index in [2.05, 4.69) is 21.2 Å². The highest BCUT2D eigenvalue weighted by Gasteiger charge is 2.22. The lowest BCUT2D eigenvalue weighted by Gasteiger charge is -2.09. The highest BCUT2D eigenvalue weighted by Crippen LogP contribution is 2.41. The number of amides is 1. The molecule has 0 fully saturated rings. The molecular weight excluding hydrogens is 540 g/mol. The smallest absolute Gasteiger partial charge is 0.274 e. The van der Waals surface area contributed by atoms with E-state index in [0.717, 1.165) is 26.9 Å². The van der Waals surface area contributed by atoms with Crippen LogP contribution in [0, 0.1) is 17.0 Å². The molecule has 7 nitrogen and oxygen atoms in total. The zero-order valence-corrected chi connectivity index (χ0v) is 21.4. The number of anilines is 2. The van der Waals surface area contributed by atoms with Gasteiger partial charge in [0, 0.05) is 32.7 Å². The molecule has 0 atom stereocenters. The molecule has 178 valence electrons. The van der Waals surface area contributed by atoms with Crippen molar-refractivity contribution in [3.05, 3.63) is 104 Å². The van der Waals surface area contributed by atoms with Crippen LogP contribution in [0.5, 0.6) is 0 Å². The Hall–Kier alpha value is -4.08. The summed E-state index contributed by atoms with van der Waals surface area (Å²) in [5, 5.41) is 14.8. The van der Waals surface area contributed by atoms with Crippen molar-refractivity contribution in [1.82, 2.24) is 4.98 Å². The molecule has 0 aliphatic rings. The monoisotopic (exact) mass is 558 g/mol. The van der Waals surface area contributed by atoms with E-state index in [1.165, 1.54) is 17.4 Å². The number of carbonyl (C=O) groups excluding carboxylic acids is 1. The highest BCUT2D eigenvalue weighted by atomic mass is 79.9. The lowest BCUT2D eigenvalue weighted by Crippen LogP contribution is -2.12. The summed E-state index contributed by atoms with van der Waals surface area (Å²) in [6.07, 6.45) is 0. The van der Waals surface area contributed by atoms with E-state index in [1.54, 1.807) is 19.1 Å². The quantitative estimate of drug-likeness (QED) is 0.172. The number of nitrogen functional groups attached to an aromatic ring is 1. The number of halogens is 1. The normalized spacial score (nSPS) is 10.9. The number of pyridine rings is 1. The first-order valence-electron chi connectivity index (χ1n) is 10.9. The third-order valence-corrected chi connectivity index (χ3v) is 7.42. The Morgan fingerprint density at radius 2 is 1.75 bits per heavy atom. The zero-order chi connectivity index (χ0) is 25.4. The van der Waals surface area contributed by atoms with Gasteiger partial charge in [0.2, 0.25) is 0 Å². The summed E-state index contributed by atoms with van der Waals surface area (Å²) in [6.45, 7) is 1.65. The molecule has 0 radical (unpaired) electrons. The van der Waals surface area contributed by atoms with Crippen molar-refractivity contribution in [3.8, 4) is 22.4 Å². The zero-order valence-electron chi connectivity index (χ0n) is 19.0. The van der Waals surface area contributed by atoms with Crippen molar-refractivity contribution in [1.29, 1.82) is 0 Å². The van der Waals surface area contributed by atoms with E-state index in [-0.39, 0.29) is 5.69 Å². The fourth-order valence-corrected chi connectivity index (χ4v) is 5.25. The van der Waals surface area contributed by atoms with Crippen molar-refractivity contribution in [2.75, 3.05) is 11.1 Å². The van der Waals surface area contributed by atoms with Gasteiger partial charge < -0.3 is 11.1 Å². The summed E-state index contributed by atoms with van der Waals surface area (Å²) >= 11 is 4.66. The maximum Gasteiger partial charge on any atom is 0.274 e. The van der Waals surface area contributed by atoms with Gasteiger partial charge in [-0.05, 0) is 42.3 Å². The third-order valence-electron chi connectivity index (χ3n) is 5.79. The summed E-state index contributed by atoms with van der Waals surface area (Å²) in [6, 6.07) is 24.2. The van der Waals surface area contributed by atoms with Crippen LogP contribution in [0.2, 0.25) is 0 Å². The second kappa shape index (κ2) is 9.52. The molecule has 9 heteroatoms. The second-order valence-electron chi connectivity index (χ2n) is 8.17. The number of fused-ring (bicyclic) bond motifs is 1. The van der Waals surface area contributed by atoms with Gasteiger partial charge in [0.05, 0.1) is 16.3 Å². The molecule has 5 aromatic rings. The van der Waals surface area contributed by atoms with E-state index in [0.29, 0.717) is 32.0 Å². The van der Waals surface area contributed by atoms with Crippen LogP contribution in [-0.2, 0) is 0 Å². The lowest BCUT2D eigenvalue weighted by atomic mass is 9.99. The molecule has 0 spiro atoms. The molecule has 0 aliphatic heterocycles. The number of benzene rings is 3. The van der Waals surface area contributed by atoms with Gasteiger partial charge in [0.15, 0.2) is 0 Å². The van der Waals surface area contributed by atoms with Crippen LogP contribution in [0.3, 0.4) is 0 Å². The number of thiophene rings is 1. The molecular formula is C27H19BrN4O3S. The molecule has 2 aromatic heterocycles. The van der Waals surface area contributed by atoms with Gasteiger partial charge in [-0.2, -0.15) is 0 Å². The topological polar surface area (TPSA) is 111 Å². The molecule has 1 amide bonds. The van der Waals surface area contributed by atoms with Gasteiger partial charge in [-0.15, -0.1) is 11.3 Å². The summed E-state index contributed by atoms with van der Waals surface area (Å²) in [5.41, 5.74) is 11.1. The molecule has 0 aliphatic carbocycles. The van der Waals surface area contributed by atoms with E-state index in [9.17, 15) is 14.9 Å². The standard InChI is InChI=1S/C27H19BrN4O3S/c1-15-7-12-19(13-22(15)32(34)35)30-26(33)25-24(29)23-20(16-5-3-2-4-6-16)14-21(31-27(23)36-25)17-8-10-18(28)11-9-17/h2-14H,29H2,1H3,(H,30,33). The van der Waals surface area contributed by atoms with Crippen molar-refractivity contribution in [2.45, 2.75) is 6.92 Å². The molecule has 5 rings (SSSR count). The Morgan fingerprint density at radius 3 is 2.44 bits per heavy atom. The van der Waals surface area contributed by atoms with Crippen LogP contribution < -0.4 is 11.1 Å². The number of nitro groups is 1. The Labute approximate surface area is 218 Å². The summed E-state index contributed by atoms with van der Waals surface area (Å²) in [7, 11) is 0. The van der Waals surface area contributed by atoms with Gasteiger partial charge in [0.1, 0.15) is 9.71 Å². The number of nitrogens with zero attached hydrogens (tertiary/aromatic N) is 2. The van der Waals surface area contributed by atoms with E-state index in [4.69, 9.17) is 10.7 Å². The van der Waals surface area contributed by atoms with E-state index >= 15 is 0 Å². The van der Waals surface area contributed by atoms with Gasteiger partial charge >= 0.3 is 0 Å². The number of aryl methyl sites for hydroxylation is 1. The van der Waals surface area contributed by atoms with Crippen molar-refractivity contribution in [3.63, 3.8) is 0 Å². The minimum atomic E-state index is -0.474. The van der Waals surface area contributed by atoms with Gasteiger partial charge in [-0.25, -0.2) is 4.98 Å². The van der Waals surface area contributed by atoms with Crippen molar-refractivity contribution < 1.29 is 9.72 Å². The molecule has 36 heavy (non-hydrogen) atoms. The third kappa shape index (κ3) is 4.46. The van der Waals surface area contributed by atoms with Crippen molar-refractivity contribution >= 4 is 60.5 Å². The largest absolute Gasteiger partial charge is 0.397 e. The van der Waals surface area contributed by atoms with Crippen LogP contribution in [0.1, 0.15) is 15.2 Å². The summed E-state index contributed by atoms with van der Waals surface area (Å²) in [4.78, 5) is 29.8. The summed E-state index contributed by atoms with van der Waals surface area (Å²) < 4.78 is 0.964. The molecule has 0 saturated heterocycles. The summed E-state index contributed by atoms with van der Waals surface area (Å²) in [5.74, 6) is -0.446. The SMILES string of the molecule is Cc1ccc(NC(=O)c2sc3nc(-c4ccc(Br)cc4)cc(-c4ccccc4)c3c2N)cc1[N+](=O)[O-]. The average Bonchev–Trinajstić information content (AvgIpc) is 3.22. The van der Waals surface area contributed by atoms with Gasteiger partial charge in [-0.3, -0.25) is 14.9 Å². The Bertz CT molecular complexity index is 1630. The van der Waals surface area contributed by atoms with E-state index in [1.807, 2.05) is 60.7 Å². The molecule has 2 heterocycles. The number of nitrogens with two attached hydrogens (primary N) is 1. The van der Waals surface area contributed by atoms with Gasteiger partial charge in [0.25, 0.3) is 11.6 Å². The van der Waals surface area contributed by atoms with Crippen molar-refractivity contribution in [2.24, 2.45) is 0 Å². The maximum atomic E-state index is 13.2. The number of nitro benzene ring substituents is 1. The Kier molecular flexibility index (Phi) is 6.26. The number of carbonyl (C=O) groups is 1. The first-order chi connectivity index (χ1) is 17.3. The van der Waals surface area contributed by atoms with Crippen LogP contribution in [0.25, 0.3) is 32.6 Å². The second-order valence-corrected chi connectivity index (χ2v) is 10.1. The highest BCUT2D eigenvalue weighted by molar-refractivity contribution is 9.10. The first-order valence-corrected chi connectivity index (χ1v) is 12.5. The lowest BCUT2D eigenvalue weighted by molar-refractivity contribution is -0.385. The number of hydrogen-bond acceptors (Lipinski definition) is 6. The number of hydrogen-bond donors (Lipinski definition) is 2. The van der Waals surface area contributed by atoms with Crippen LogP contribution >= 0.6 is 27.3 Å². The van der Waals surface area contributed by atoms with Gasteiger partial charge in [-0.1, -0.05) is 64.5 Å². The fourth-order valence-electron chi connectivity index (χ4n) is 3.98. The molecule has 0 saturated carbocycles. The number of nitrogens with one attached hydrogen (secondary N) is 1. The fraction of sp³-hybridized carbons (Fsp3) is 0.0370. The minimum Gasteiger partial charge on any atom is -0.397 e.